The van der Waals surface area contributed by atoms with E-state index in [9.17, 15) is 18.0 Å². The van der Waals surface area contributed by atoms with E-state index >= 15 is 0 Å². The monoisotopic (exact) mass is 494 g/mol. The molecule has 0 saturated carbocycles. The van der Waals surface area contributed by atoms with E-state index < -0.39 is 34.5 Å². The van der Waals surface area contributed by atoms with Crippen LogP contribution < -0.4 is 11.1 Å². The molecule has 1 aromatic carbocycles. The van der Waals surface area contributed by atoms with Gasteiger partial charge in [-0.15, -0.1) is 11.3 Å². The molecule has 0 aliphatic carbocycles. The third kappa shape index (κ3) is 4.49. The fourth-order valence-corrected chi connectivity index (χ4v) is 5.74. The summed E-state index contributed by atoms with van der Waals surface area (Å²) in [6.45, 7) is 7.29. The number of para-hydroxylation sites is 1. The van der Waals surface area contributed by atoms with Crippen LogP contribution in [-0.4, -0.2) is 65.2 Å². The van der Waals surface area contributed by atoms with Crippen LogP contribution in [0.15, 0.2) is 35.3 Å². The van der Waals surface area contributed by atoms with Gasteiger partial charge in [0, 0.05) is 38.0 Å². The van der Waals surface area contributed by atoms with Gasteiger partial charge in [0.15, 0.2) is 5.66 Å². The first-order valence-corrected chi connectivity index (χ1v) is 11.7. The summed E-state index contributed by atoms with van der Waals surface area (Å²) in [7, 11) is 0. The molecule has 2 atom stereocenters. The summed E-state index contributed by atoms with van der Waals surface area (Å²) in [5, 5.41) is 3.07. The minimum absolute atomic E-state index is 0.0135. The summed E-state index contributed by atoms with van der Waals surface area (Å²) < 4.78 is 47.8. The van der Waals surface area contributed by atoms with E-state index in [2.05, 4.69) is 26.3 Å². The first kappa shape index (κ1) is 24.8. The van der Waals surface area contributed by atoms with Crippen molar-refractivity contribution < 1.29 is 22.7 Å². The first-order chi connectivity index (χ1) is 15.9. The van der Waals surface area contributed by atoms with Crippen LogP contribution in [0.1, 0.15) is 32.2 Å². The van der Waals surface area contributed by atoms with Gasteiger partial charge in [-0.05, 0) is 26.0 Å². The van der Waals surface area contributed by atoms with Crippen LogP contribution in [0.5, 0.6) is 0 Å². The fourth-order valence-electron chi connectivity index (χ4n) is 4.64. The van der Waals surface area contributed by atoms with E-state index in [0.29, 0.717) is 36.8 Å². The van der Waals surface area contributed by atoms with Gasteiger partial charge in [-0.1, -0.05) is 18.2 Å². The lowest BCUT2D eigenvalue weighted by Crippen LogP contribution is -2.69. The van der Waals surface area contributed by atoms with Crippen molar-refractivity contribution in [2.24, 2.45) is 10.7 Å². The number of fused-ring (bicyclic) bond motifs is 1. The summed E-state index contributed by atoms with van der Waals surface area (Å²) >= 11 is 1.25. The number of hydrogen-bond acceptors (Lipinski definition) is 7. The molecule has 2 aromatic rings. The standard InChI is InChI=1S/C23H27F3N5O2S/c1-15(32)29-22(14-20(2,3)31-10-12-33-13-11-31)21(27,9-8-18(30-22)23(24,25)26)19-28-16-6-4-5-7-17(16)34-19/h4-5,7-9H,10-14,27H2,1-3H3,(H,29,32). The number of nitrogens with one attached hydrogen (secondary N) is 1. The second-order valence-corrected chi connectivity index (χ2v) is 10.3. The van der Waals surface area contributed by atoms with E-state index in [-0.39, 0.29) is 6.42 Å². The Kier molecular flexibility index (Phi) is 6.34. The minimum atomic E-state index is -4.72. The number of nitrogens with zero attached hydrogens (tertiary/aromatic N) is 3. The lowest BCUT2D eigenvalue weighted by atomic mass is 9.74. The zero-order valence-corrected chi connectivity index (χ0v) is 20.0. The average molecular weight is 495 g/mol. The van der Waals surface area contributed by atoms with Gasteiger partial charge in [-0.2, -0.15) is 13.2 Å². The Hall–Kier alpha value is -2.34. The van der Waals surface area contributed by atoms with E-state index in [0.717, 1.165) is 10.8 Å². The van der Waals surface area contributed by atoms with Crippen LogP contribution in [0, 0.1) is 6.07 Å². The lowest BCUT2D eigenvalue weighted by molar-refractivity contribution is -0.122. The maximum absolute atomic E-state index is 13.9. The molecule has 2 unspecified atom stereocenters. The second-order valence-electron chi connectivity index (χ2n) is 9.23. The molecule has 2 aliphatic rings. The Labute approximate surface area is 199 Å². The summed E-state index contributed by atoms with van der Waals surface area (Å²) in [6.07, 6.45) is -2.56. The normalized spacial score (nSPS) is 26.5. The van der Waals surface area contributed by atoms with Crippen LogP contribution in [0.25, 0.3) is 10.2 Å². The molecule has 2 aliphatic heterocycles. The molecule has 1 amide bonds. The van der Waals surface area contributed by atoms with E-state index in [1.165, 1.54) is 24.3 Å². The minimum Gasteiger partial charge on any atom is -0.379 e. The van der Waals surface area contributed by atoms with Crippen molar-refractivity contribution in [1.82, 2.24) is 15.2 Å². The van der Waals surface area contributed by atoms with Gasteiger partial charge in [0.1, 0.15) is 16.3 Å². The number of thiazole rings is 1. The van der Waals surface area contributed by atoms with Gasteiger partial charge in [0.25, 0.3) is 0 Å². The maximum Gasteiger partial charge on any atom is 0.432 e. The number of benzene rings is 1. The number of aliphatic imine (C=N–C) groups is 1. The number of aromatic nitrogens is 1. The third-order valence-electron chi connectivity index (χ3n) is 6.30. The highest BCUT2D eigenvalue weighted by Gasteiger charge is 2.58. The number of allylic oxidation sites excluding steroid dienone is 1. The molecule has 11 heteroatoms. The Morgan fingerprint density at radius 3 is 2.68 bits per heavy atom. The molecular weight excluding hydrogens is 467 g/mol. The molecule has 0 bridgehead atoms. The number of dihydropyridines is 1. The largest absolute Gasteiger partial charge is 0.432 e. The quantitative estimate of drug-likeness (QED) is 0.666. The molecule has 3 heterocycles. The number of hydrogen-bond donors (Lipinski definition) is 2. The van der Waals surface area contributed by atoms with Crippen LogP contribution >= 0.6 is 11.3 Å². The first-order valence-electron chi connectivity index (χ1n) is 10.9. The van der Waals surface area contributed by atoms with Crippen molar-refractivity contribution in [2.75, 3.05) is 26.3 Å². The highest BCUT2D eigenvalue weighted by Crippen LogP contribution is 2.45. The number of halogens is 3. The van der Waals surface area contributed by atoms with Gasteiger partial charge in [-0.3, -0.25) is 9.69 Å². The van der Waals surface area contributed by atoms with Crippen molar-refractivity contribution in [3.8, 4) is 0 Å². The molecule has 34 heavy (non-hydrogen) atoms. The third-order valence-corrected chi connectivity index (χ3v) is 7.47. The van der Waals surface area contributed by atoms with Gasteiger partial charge < -0.3 is 15.8 Å². The summed E-state index contributed by atoms with van der Waals surface area (Å²) in [5.74, 6) is -0.541. The molecule has 1 aromatic heterocycles. The number of carbonyl (C=O) groups excluding carboxylic acids is 1. The van der Waals surface area contributed by atoms with Crippen molar-refractivity contribution >= 4 is 33.2 Å². The Balaban J connectivity index is 1.90. The molecular formula is C23H27F3N5O2S. The molecule has 3 N–H and O–H groups in total. The Bertz CT molecular complexity index is 1110. The van der Waals surface area contributed by atoms with Crippen LogP contribution in [0.3, 0.4) is 0 Å². The molecule has 4 rings (SSSR count). The Morgan fingerprint density at radius 1 is 1.35 bits per heavy atom. The lowest BCUT2D eigenvalue weighted by Gasteiger charge is -2.51. The number of ether oxygens (including phenoxy) is 1. The Morgan fingerprint density at radius 2 is 2.06 bits per heavy atom. The molecule has 1 fully saturated rings. The predicted molar refractivity (Wildman–Crippen MR) is 125 cm³/mol. The molecule has 7 nitrogen and oxygen atoms in total. The fraction of sp³-hybridized carbons (Fsp3) is 0.522. The van der Waals surface area contributed by atoms with E-state index in [1.54, 1.807) is 12.1 Å². The van der Waals surface area contributed by atoms with Gasteiger partial charge in [-0.25, -0.2) is 9.98 Å². The number of rotatable bonds is 5. The molecule has 1 saturated heterocycles. The highest BCUT2D eigenvalue weighted by molar-refractivity contribution is 7.18. The number of alkyl halides is 3. The van der Waals surface area contributed by atoms with Crippen molar-refractivity contribution in [3.05, 3.63) is 41.4 Å². The van der Waals surface area contributed by atoms with Crippen molar-refractivity contribution in [2.45, 2.75) is 50.1 Å². The topological polar surface area (TPSA) is 92.8 Å². The summed E-state index contributed by atoms with van der Waals surface area (Å²) in [6, 6.07) is 8.36. The number of amides is 1. The second kappa shape index (κ2) is 8.71. The highest BCUT2D eigenvalue weighted by atomic mass is 32.1. The van der Waals surface area contributed by atoms with Crippen molar-refractivity contribution in [1.29, 1.82) is 0 Å². The van der Waals surface area contributed by atoms with Crippen LogP contribution in [0.4, 0.5) is 13.2 Å². The van der Waals surface area contributed by atoms with E-state index in [1.807, 2.05) is 19.9 Å². The van der Waals surface area contributed by atoms with Crippen LogP contribution in [0.2, 0.25) is 0 Å². The van der Waals surface area contributed by atoms with Gasteiger partial charge in [0.05, 0.1) is 23.4 Å². The van der Waals surface area contributed by atoms with Gasteiger partial charge in [0.2, 0.25) is 5.91 Å². The van der Waals surface area contributed by atoms with Crippen molar-refractivity contribution in [3.63, 3.8) is 0 Å². The van der Waals surface area contributed by atoms with Gasteiger partial charge >= 0.3 is 6.18 Å². The van der Waals surface area contributed by atoms with E-state index in [4.69, 9.17) is 10.5 Å². The van der Waals surface area contributed by atoms with Crippen LogP contribution in [-0.2, 0) is 15.1 Å². The zero-order valence-electron chi connectivity index (χ0n) is 19.2. The number of nitrogens with two attached hydrogens (primary N) is 1. The summed E-state index contributed by atoms with van der Waals surface area (Å²) in [5.41, 5.74) is 2.23. The number of carbonyl (C=O) groups is 1. The molecule has 0 spiro atoms. The average Bonchev–Trinajstić information content (AvgIpc) is 3.20. The molecule has 1 radical (unpaired) electrons. The maximum atomic E-state index is 13.9. The molecule has 183 valence electrons. The number of morpholine rings is 1. The summed E-state index contributed by atoms with van der Waals surface area (Å²) in [4.78, 5) is 23.3. The smallest absolute Gasteiger partial charge is 0.379 e. The zero-order chi connectivity index (χ0) is 24.8. The predicted octanol–water partition coefficient (Wildman–Crippen LogP) is 3.16. The SMILES string of the molecule is CC(=O)NC1(CC(C)(C)N2CCOCC2)N=C(C(F)(F)F)C=CC1(N)c1nc2[c]cccc2s1.